The second-order valence-corrected chi connectivity index (χ2v) is 4.27. The molecule has 0 radical (unpaired) electrons. The van der Waals surface area contributed by atoms with E-state index in [1.807, 2.05) is 0 Å². The maximum atomic E-state index is 10.9. The summed E-state index contributed by atoms with van der Waals surface area (Å²) in [5.74, 6) is 0.247. The SMILES string of the molecule is CCCCC[C@@H]1COCC[C@@H]1OC(C)=O. The molecule has 3 heteroatoms. The van der Waals surface area contributed by atoms with Crippen LogP contribution in [0.5, 0.6) is 0 Å². The van der Waals surface area contributed by atoms with E-state index in [1.165, 1.54) is 26.2 Å². The van der Waals surface area contributed by atoms with E-state index in [-0.39, 0.29) is 12.1 Å². The number of hydrogen-bond donors (Lipinski definition) is 0. The van der Waals surface area contributed by atoms with Crippen molar-refractivity contribution in [2.75, 3.05) is 13.2 Å². The highest BCUT2D eigenvalue weighted by Gasteiger charge is 2.27. The fourth-order valence-electron chi connectivity index (χ4n) is 2.07. The van der Waals surface area contributed by atoms with E-state index in [2.05, 4.69) is 6.92 Å². The van der Waals surface area contributed by atoms with Gasteiger partial charge in [-0.2, -0.15) is 0 Å². The molecule has 15 heavy (non-hydrogen) atoms. The summed E-state index contributed by atoms with van der Waals surface area (Å²) < 4.78 is 10.7. The van der Waals surface area contributed by atoms with Crippen LogP contribution >= 0.6 is 0 Å². The van der Waals surface area contributed by atoms with Crippen LogP contribution in [0.1, 0.15) is 46.0 Å². The van der Waals surface area contributed by atoms with Gasteiger partial charge in [-0.3, -0.25) is 4.79 Å². The van der Waals surface area contributed by atoms with Crippen molar-refractivity contribution in [1.82, 2.24) is 0 Å². The van der Waals surface area contributed by atoms with Crippen molar-refractivity contribution in [1.29, 1.82) is 0 Å². The van der Waals surface area contributed by atoms with Crippen molar-refractivity contribution in [3.05, 3.63) is 0 Å². The van der Waals surface area contributed by atoms with Gasteiger partial charge in [0.05, 0.1) is 13.2 Å². The van der Waals surface area contributed by atoms with Crippen LogP contribution in [0.2, 0.25) is 0 Å². The molecule has 88 valence electrons. The van der Waals surface area contributed by atoms with Gasteiger partial charge in [0.2, 0.25) is 0 Å². The Morgan fingerprint density at radius 3 is 2.93 bits per heavy atom. The molecule has 0 N–H and O–H groups in total. The molecule has 0 amide bonds. The van der Waals surface area contributed by atoms with Crippen LogP contribution in [0.15, 0.2) is 0 Å². The lowest BCUT2D eigenvalue weighted by Gasteiger charge is -2.30. The van der Waals surface area contributed by atoms with Crippen molar-refractivity contribution in [2.24, 2.45) is 5.92 Å². The van der Waals surface area contributed by atoms with Crippen LogP contribution in [0.25, 0.3) is 0 Å². The van der Waals surface area contributed by atoms with E-state index in [4.69, 9.17) is 9.47 Å². The second kappa shape index (κ2) is 6.83. The first kappa shape index (κ1) is 12.5. The van der Waals surface area contributed by atoms with Gasteiger partial charge in [0.15, 0.2) is 0 Å². The molecule has 0 aromatic carbocycles. The van der Waals surface area contributed by atoms with E-state index in [0.717, 1.165) is 26.1 Å². The molecule has 1 aliphatic rings. The average molecular weight is 214 g/mol. The normalized spacial score (nSPS) is 26.3. The number of esters is 1. The first-order chi connectivity index (χ1) is 7.24. The van der Waals surface area contributed by atoms with Gasteiger partial charge < -0.3 is 9.47 Å². The van der Waals surface area contributed by atoms with Crippen molar-refractivity contribution in [2.45, 2.75) is 52.1 Å². The van der Waals surface area contributed by atoms with Gasteiger partial charge in [0, 0.05) is 19.3 Å². The lowest BCUT2D eigenvalue weighted by molar-refractivity contribution is -0.156. The fraction of sp³-hybridized carbons (Fsp3) is 0.917. The molecular formula is C12H22O3. The monoisotopic (exact) mass is 214 g/mol. The smallest absolute Gasteiger partial charge is 0.302 e. The van der Waals surface area contributed by atoms with Gasteiger partial charge >= 0.3 is 5.97 Å². The van der Waals surface area contributed by atoms with E-state index >= 15 is 0 Å². The minimum Gasteiger partial charge on any atom is -0.462 e. The molecular weight excluding hydrogens is 192 g/mol. The van der Waals surface area contributed by atoms with Gasteiger partial charge in [-0.15, -0.1) is 0 Å². The third-order valence-corrected chi connectivity index (χ3v) is 2.90. The largest absolute Gasteiger partial charge is 0.462 e. The van der Waals surface area contributed by atoms with Crippen LogP contribution in [0.3, 0.4) is 0 Å². The van der Waals surface area contributed by atoms with Crippen molar-refractivity contribution in [3.8, 4) is 0 Å². The Bertz CT molecular complexity index is 191. The summed E-state index contributed by atoms with van der Waals surface area (Å²) in [7, 11) is 0. The van der Waals surface area contributed by atoms with Crippen molar-refractivity contribution < 1.29 is 14.3 Å². The van der Waals surface area contributed by atoms with Crippen LogP contribution in [-0.2, 0) is 14.3 Å². The maximum absolute atomic E-state index is 10.9. The highest BCUT2D eigenvalue weighted by atomic mass is 16.6. The van der Waals surface area contributed by atoms with E-state index < -0.39 is 0 Å². The minimum atomic E-state index is -0.164. The Balaban J connectivity index is 2.32. The van der Waals surface area contributed by atoms with E-state index in [1.54, 1.807) is 0 Å². The lowest BCUT2D eigenvalue weighted by Crippen LogP contribution is -2.35. The van der Waals surface area contributed by atoms with E-state index in [9.17, 15) is 4.79 Å². The number of hydrogen-bond acceptors (Lipinski definition) is 3. The Hall–Kier alpha value is -0.570. The highest BCUT2D eigenvalue weighted by molar-refractivity contribution is 5.66. The van der Waals surface area contributed by atoms with Gasteiger partial charge in [-0.1, -0.05) is 26.2 Å². The Morgan fingerprint density at radius 1 is 1.47 bits per heavy atom. The summed E-state index contributed by atoms with van der Waals surface area (Å²) in [6, 6.07) is 0. The topological polar surface area (TPSA) is 35.5 Å². The number of carbonyl (C=O) groups is 1. The van der Waals surface area contributed by atoms with Gasteiger partial charge in [-0.25, -0.2) is 0 Å². The van der Waals surface area contributed by atoms with E-state index in [0.29, 0.717) is 5.92 Å². The molecule has 1 fully saturated rings. The lowest BCUT2D eigenvalue weighted by atomic mass is 9.92. The van der Waals surface area contributed by atoms with Gasteiger partial charge in [-0.05, 0) is 6.42 Å². The Kier molecular flexibility index (Phi) is 5.69. The summed E-state index contributed by atoms with van der Waals surface area (Å²) in [6.45, 7) is 5.16. The molecule has 0 bridgehead atoms. The van der Waals surface area contributed by atoms with Gasteiger partial charge in [0.25, 0.3) is 0 Å². The van der Waals surface area contributed by atoms with Crippen molar-refractivity contribution >= 4 is 5.97 Å². The molecule has 0 unspecified atom stereocenters. The first-order valence-corrected chi connectivity index (χ1v) is 5.99. The Morgan fingerprint density at radius 2 is 2.27 bits per heavy atom. The molecule has 1 rings (SSSR count). The molecule has 0 spiro atoms. The highest BCUT2D eigenvalue weighted by Crippen LogP contribution is 2.23. The number of carbonyl (C=O) groups excluding carboxylic acids is 1. The molecule has 0 aromatic heterocycles. The van der Waals surface area contributed by atoms with Crippen molar-refractivity contribution in [3.63, 3.8) is 0 Å². The van der Waals surface area contributed by atoms with Gasteiger partial charge in [0.1, 0.15) is 6.10 Å². The average Bonchev–Trinajstić information content (AvgIpc) is 2.20. The van der Waals surface area contributed by atoms with Crippen LogP contribution in [-0.4, -0.2) is 25.3 Å². The molecule has 1 saturated heterocycles. The minimum absolute atomic E-state index is 0.0908. The first-order valence-electron chi connectivity index (χ1n) is 5.99. The molecule has 1 heterocycles. The standard InChI is InChI=1S/C12H22O3/c1-3-4-5-6-11-9-14-8-7-12(11)15-10(2)13/h11-12H,3-9H2,1-2H3/t11-,12+/m1/s1. The summed E-state index contributed by atoms with van der Waals surface area (Å²) in [6.07, 6.45) is 5.76. The zero-order valence-corrected chi connectivity index (χ0v) is 9.83. The fourth-order valence-corrected chi connectivity index (χ4v) is 2.07. The molecule has 3 nitrogen and oxygen atoms in total. The van der Waals surface area contributed by atoms with Crippen LogP contribution < -0.4 is 0 Å². The summed E-state index contributed by atoms with van der Waals surface area (Å²) in [5.41, 5.74) is 0. The number of unbranched alkanes of at least 4 members (excludes halogenated alkanes) is 2. The number of ether oxygens (including phenoxy) is 2. The second-order valence-electron chi connectivity index (χ2n) is 4.27. The summed E-state index contributed by atoms with van der Waals surface area (Å²) in [5, 5.41) is 0. The zero-order valence-electron chi connectivity index (χ0n) is 9.83. The third kappa shape index (κ3) is 4.65. The molecule has 0 aromatic rings. The molecule has 2 atom stereocenters. The number of rotatable bonds is 5. The molecule has 0 aliphatic carbocycles. The quantitative estimate of drug-likeness (QED) is 0.521. The maximum Gasteiger partial charge on any atom is 0.302 e. The zero-order chi connectivity index (χ0) is 11.1. The molecule has 1 aliphatic heterocycles. The molecule has 0 saturated carbocycles. The predicted octanol–water partition coefficient (Wildman–Crippen LogP) is 2.53. The Labute approximate surface area is 92.1 Å². The van der Waals surface area contributed by atoms with Crippen LogP contribution in [0.4, 0.5) is 0 Å². The van der Waals surface area contributed by atoms with Crippen LogP contribution in [0, 0.1) is 5.92 Å². The predicted molar refractivity (Wildman–Crippen MR) is 58.6 cm³/mol. The summed E-state index contributed by atoms with van der Waals surface area (Å²) >= 11 is 0. The summed E-state index contributed by atoms with van der Waals surface area (Å²) in [4.78, 5) is 10.9. The third-order valence-electron chi connectivity index (χ3n) is 2.90.